The van der Waals surface area contributed by atoms with Gasteiger partial charge in [0.25, 0.3) is 0 Å². The molecule has 5 heteroatoms. The monoisotopic (exact) mass is 154 g/mol. The first-order valence-electron chi connectivity index (χ1n) is 3.14. The van der Waals surface area contributed by atoms with E-state index in [1.807, 2.05) is 0 Å². The van der Waals surface area contributed by atoms with Gasteiger partial charge in [0.2, 0.25) is 5.91 Å². The summed E-state index contributed by atoms with van der Waals surface area (Å²) in [5.74, 6) is -0.548. The van der Waals surface area contributed by atoms with E-state index in [4.69, 9.17) is 11.5 Å². The Hall–Kier alpha value is -1.36. The smallest absolute Gasteiger partial charge is 0.240 e. The highest BCUT2D eigenvalue weighted by Gasteiger charge is 2.14. The van der Waals surface area contributed by atoms with Crippen molar-refractivity contribution in [2.75, 3.05) is 0 Å². The van der Waals surface area contributed by atoms with Crippen LogP contribution in [0.15, 0.2) is 12.5 Å². The highest BCUT2D eigenvalue weighted by molar-refractivity contribution is 5.80. The molecule has 0 aromatic carbocycles. The molecule has 1 heterocycles. The molecule has 1 unspecified atom stereocenters. The Balaban J connectivity index is 2.92. The Morgan fingerprint density at radius 3 is 2.82 bits per heavy atom. The fourth-order valence-electron chi connectivity index (χ4n) is 0.813. The van der Waals surface area contributed by atoms with E-state index in [9.17, 15) is 4.79 Å². The summed E-state index contributed by atoms with van der Waals surface area (Å²) in [7, 11) is 1.76. The van der Waals surface area contributed by atoms with E-state index >= 15 is 0 Å². The van der Waals surface area contributed by atoms with E-state index < -0.39 is 11.9 Å². The van der Waals surface area contributed by atoms with E-state index in [0.717, 1.165) is 0 Å². The quantitative estimate of drug-likeness (QED) is 0.567. The molecule has 0 aliphatic heterocycles. The molecule has 1 aromatic heterocycles. The van der Waals surface area contributed by atoms with Crippen LogP contribution in [0.5, 0.6) is 0 Å². The van der Waals surface area contributed by atoms with E-state index in [-0.39, 0.29) is 0 Å². The number of aryl methyl sites for hydroxylation is 1. The molecule has 4 N–H and O–H groups in total. The van der Waals surface area contributed by atoms with E-state index in [0.29, 0.717) is 5.69 Å². The van der Waals surface area contributed by atoms with Crippen molar-refractivity contribution in [3.63, 3.8) is 0 Å². The predicted molar refractivity (Wildman–Crippen MR) is 39.3 cm³/mol. The second kappa shape index (κ2) is 2.71. The number of rotatable bonds is 2. The Morgan fingerprint density at radius 1 is 1.82 bits per heavy atom. The van der Waals surface area contributed by atoms with Gasteiger partial charge in [-0.05, 0) is 0 Å². The van der Waals surface area contributed by atoms with Crippen LogP contribution < -0.4 is 11.5 Å². The third-order valence-electron chi connectivity index (χ3n) is 1.48. The molecule has 0 aliphatic rings. The maximum Gasteiger partial charge on any atom is 0.240 e. The van der Waals surface area contributed by atoms with Gasteiger partial charge in [0.15, 0.2) is 0 Å². The zero-order valence-corrected chi connectivity index (χ0v) is 6.19. The van der Waals surface area contributed by atoms with Gasteiger partial charge in [0, 0.05) is 7.05 Å². The number of aromatic nitrogens is 2. The van der Waals surface area contributed by atoms with Crippen LogP contribution in [0.25, 0.3) is 0 Å². The lowest BCUT2D eigenvalue weighted by Crippen LogP contribution is -2.29. The molecular formula is C6H10N4O. The van der Waals surface area contributed by atoms with Gasteiger partial charge in [-0.2, -0.15) is 0 Å². The van der Waals surface area contributed by atoms with Crippen LogP contribution in [0.1, 0.15) is 11.7 Å². The van der Waals surface area contributed by atoms with E-state index in [1.54, 1.807) is 17.9 Å². The summed E-state index contributed by atoms with van der Waals surface area (Å²) >= 11 is 0. The molecule has 0 spiro atoms. The third-order valence-corrected chi connectivity index (χ3v) is 1.48. The molecule has 0 saturated heterocycles. The SMILES string of the molecule is Cn1cncc1C(N)C(N)=O. The van der Waals surface area contributed by atoms with Crippen molar-refractivity contribution < 1.29 is 4.79 Å². The molecule has 5 nitrogen and oxygen atoms in total. The normalized spacial score (nSPS) is 12.9. The molecule has 0 fully saturated rings. The molecule has 60 valence electrons. The fourth-order valence-corrected chi connectivity index (χ4v) is 0.813. The highest BCUT2D eigenvalue weighted by Crippen LogP contribution is 2.06. The second-order valence-corrected chi connectivity index (χ2v) is 2.31. The van der Waals surface area contributed by atoms with Crippen LogP contribution >= 0.6 is 0 Å². The number of hydrogen-bond acceptors (Lipinski definition) is 3. The van der Waals surface area contributed by atoms with Crippen molar-refractivity contribution in [1.82, 2.24) is 9.55 Å². The van der Waals surface area contributed by atoms with Crippen molar-refractivity contribution in [2.45, 2.75) is 6.04 Å². The van der Waals surface area contributed by atoms with Gasteiger partial charge in [-0.15, -0.1) is 0 Å². The number of amides is 1. The van der Waals surface area contributed by atoms with Crippen molar-refractivity contribution in [1.29, 1.82) is 0 Å². The largest absolute Gasteiger partial charge is 0.368 e. The van der Waals surface area contributed by atoms with Gasteiger partial charge in [-0.25, -0.2) is 4.98 Å². The van der Waals surface area contributed by atoms with Crippen LogP contribution in [0.3, 0.4) is 0 Å². The van der Waals surface area contributed by atoms with Crippen LogP contribution in [-0.4, -0.2) is 15.5 Å². The van der Waals surface area contributed by atoms with Gasteiger partial charge in [-0.1, -0.05) is 0 Å². The van der Waals surface area contributed by atoms with Crippen molar-refractivity contribution >= 4 is 5.91 Å². The predicted octanol–water partition coefficient (Wildman–Crippen LogP) is -1.09. The Kier molecular flexibility index (Phi) is 1.91. The topological polar surface area (TPSA) is 86.9 Å². The van der Waals surface area contributed by atoms with Gasteiger partial charge >= 0.3 is 0 Å². The van der Waals surface area contributed by atoms with Crippen LogP contribution in [0.4, 0.5) is 0 Å². The lowest BCUT2D eigenvalue weighted by Gasteiger charge is -2.06. The zero-order valence-electron chi connectivity index (χ0n) is 6.19. The minimum Gasteiger partial charge on any atom is -0.368 e. The fraction of sp³-hybridized carbons (Fsp3) is 0.333. The molecule has 1 aromatic rings. The molecule has 0 radical (unpaired) electrons. The van der Waals surface area contributed by atoms with Crippen molar-refractivity contribution in [3.05, 3.63) is 18.2 Å². The number of nitrogens with two attached hydrogens (primary N) is 2. The first kappa shape index (κ1) is 7.74. The lowest BCUT2D eigenvalue weighted by molar-refractivity contribution is -0.119. The molecule has 1 amide bonds. The molecule has 11 heavy (non-hydrogen) atoms. The van der Waals surface area contributed by atoms with Gasteiger partial charge < -0.3 is 16.0 Å². The van der Waals surface area contributed by atoms with Gasteiger partial charge in [-0.3, -0.25) is 4.79 Å². The summed E-state index contributed by atoms with van der Waals surface area (Å²) in [5.41, 5.74) is 11.1. The number of primary amides is 1. The number of carbonyl (C=O) groups is 1. The molecular weight excluding hydrogens is 144 g/mol. The summed E-state index contributed by atoms with van der Waals surface area (Å²) in [6, 6.07) is -0.762. The average Bonchev–Trinajstić information content (AvgIpc) is 2.33. The molecule has 0 saturated carbocycles. The average molecular weight is 154 g/mol. The van der Waals surface area contributed by atoms with Crippen molar-refractivity contribution in [2.24, 2.45) is 18.5 Å². The summed E-state index contributed by atoms with van der Waals surface area (Å²) in [4.78, 5) is 14.4. The Morgan fingerprint density at radius 2 is 2.45 bits per heavy atom. The van der Waals surface area contributed by atoms with Gasteiger partial charge in [0.05, 0.1) is 18.2 Å². The summed E-state index contributed by atoms with van der Waals surface area (Å²) in [5, 5.41) is 0. The summed E-state index contributed by atoms with van der Waals surface area (Å²) in [6.45, 7) is 0. The maximum atomic E-state index is 10.6. The van der Waals surface area contributed by atoms with Crippen LogP contribution in [0.2, 0.25) is 0 Å². The van der Waals surface area contributed by atoms with E-state index in [1.165, 1.54) is 6.20 Å². The standard InChI is InChI=1S/C6H10N4O/c1-10-3-9-2-4(10)5(7)6(8)11/h2-3,5H,7H2,1H3,(H2,8,11). The molecule has 1 atom stereocenters. The Labute approximate surface area is 64.0 Å². The van der Waals surface area contributed by atoms with Crippen LogP contribution in [-0.2, 0) is 11.8 Å². The summed E-state index contributed by atoms with van der Waals surface area (Å²) in [6.07, 6.45) is 3.09. The minimum absolute atomic E-state index is 0.548. The first-order valence-corrected chi connectivity index (χ1v) is 3.14. The van der Waals surface area contributed by atoms with Crippen LogP contribution in [0, 0.1) is 0 Å². The molecule has 0 aliphatic carbocycles. The zero-order chi connectivity index (χ0) is 8.43. The minimum atomic E-state index is -0.762. The molecule has 0 bridgehead atoms. The van der Waals surface area contributed by atoms with Crippen molar-refractivity contribution in [3.8, 4) is 0 Å². The van der Waals surface area contributed by atoms with E-state index in [2.05, 4.69) is 4.98 Å². The van der Waals surface area contributed by atoms with Gasteiger partial charge in [0.1, 0.15) is 6.04 Å². The number of nitrogens with zero attached hydrogens (tertiary/aromatic N) is 2. The number of hydrogen-bond donors (Lipinski definition) is 2. The first-order chi connectivity index (χ1) is 5.13. The third kappa shape index (κ3) is 1.38. The second-order valence-electron chi connectivity index (χ2n) is 2.31. The number of carbonyl (C=O) groups excluding carboxylic acids is 1. The highest BCUT2D eigenvalue weighted by atomic mass is 16.1. The maximum absolute atomic E-state index is 10.6. The Bertz CT molecular complexity index is 267. The summed E-state index contributed by atoms with van der Waals surface area (Å²) < 4.78 is 1.66. The number of imidazole rings is 1. The lowest BCUT2D eigenvalue weighted by atomic mass is 10.2. The molecule has 1 rings (SSSR count).